The van der Waals surface area contributed by atoms with E-state index < -0.39 is 0 Å². The topological polar surface area (TPSA) is 38.0 Å². The van der Waals surface area contributed by atoms with Crippen molar-refractivity contribution >= 4 is 15.9 Å². The van der Waals surface area contributed by atoms with Gasteiger partial charge in [-0.2, -0.15) is 0 Å². The van der Waals surface area contributed by atoms with Crippen molar-refractivity contribution < 1.29 is 0 Å². The van der Waals surface area contributed by atoms with Crippen molar-refractivity contribution in [2.75, 3.05) is 13.1 Å². The Morgan fingerprint density at radius 3 is 2.56 bits per heavy atom. The fraction of sp³-hybridized carbons (Fsp3) is 0.538. The number of nitrogens with two attached hydrogens (primary N) is 1. The zero-order valence-electron chi connectivity index (χ0n) is 9.51. The maximum absolute atomic E-state index is 5.76. The molecule has 0 aliphatic carbocycles. The summed E-state index contributed by atoms with van der Waals surface area (Å²) in [7, 11) is 0. The maximum Gasteiger partial charge on any atom is 0.0446 e. The van der Waals surface area contributed by atoms with Crippen molar-refractivity contribution in [3.63, 3.8) is 0 Å². The fourth-order valence-electron chi connectivity index (χ4n) is 2.59. The molecule has 88 valence electrons. The highest BCUT2D eigenvalue weighted by Crippen LogP contribution is 2.33. The highest BCUT2D eigenvalue weighted by Gasteiger charge is 2.32. The van der Waals surface area contributed by atoms with Crippen LogP contribution in [0.1, 0.15) is 31.2 Å². The second-order valence-corrected chi connectivity index (χ2v) is 5.43. The Balaban J connectivity index is 2.26. The second-order valence-electron chi connectivity index (χ2n) is 4.51. The molecule has 16 heavy (non-hydrogen) atoms. The number of benzene rings is 1. The maximum atomic E-state index is 5.76. The lowest BCUT2D eigenvalue weighted by Gasteiger charge is -2.39. The smallest absolute Gasteiger partial charge is 0.0446 e. The quantitative estimate of drug-likeness (QED) is 0.895. The van der Waals surface area contributed by atoms with Gasteiger partial charge in [0.25, 0.3) is 0 Å². The van der Waals surface area contributed by atoms with Crippen LogP contribution in [0.5, 0.6) is 0 Å². The van der Waals surface area contributed by atoms with Crippen LogP contribution < -0.4 is 11.1 Å². The molecular weight excluding hydrogens is 264 g/mol. The molecule has 1 unspecified atom stereocenters. The van der Waals surface area contributed by atoms with E-state index in [1.165, 1.54) is 24.8 Å². The number of hydrogen-bond donors (Lipinski definition) is 2. The van der Waals surface area contributed by atoms with Gasteiger partial charge in [-0.15, -0.1) is 0 Å². The summed E-state index contributed by atoms with van der Waals surface area (Å²) in [5, 5.41) is 3.67. The molecule has 0 saturated carbocycles. The summed E-state index contributed by atoms with van der Waals surface area (Å²) < 4.78 is 1.13. The monoisotopic (exact) mass is 282 g/mol. The normalized spacial score (nSPS) is 25.6. The van der Waals surface area contributed by atoms with E-state index in [1.807, 2.05) is 0 Å². The van der Waals surface area contributed by atoms with Crippen LogP contribution in [0.4, 0.5) is 0 Å². The second kappa shape index (κ2) is 5.30. The standard InChI is InChI=1S/C13H19BrN2/c14-12-5-3-11(4-6-12)13(8-9-15)7-1-2-10-16-13/h3-6,16H,1-2,7-10,15H2. The molecule has 1 aromatic carbocycles. The van der Waals surface area contributed by atoms with E-state index in [2.05, 4.69) is 45.5 Å². The zero-order valence-corrected chi connectivity index (χ0v) is 11.1. The molecule has 2 nitrogen and oxygen atoms in total. The summed E-state index contributed by atoms with van der Waals surface area (Å²) in [6, 6.07) is 8.64. The largest absolute Gasteiger partial charge is 0.330 e. The molecular formula is C13H19BrN2. The van der Waals surface area contributed by atoms with Gasteiger partial charge in [0.15, 0.2) is 0 Å². The van der Waals surface area contributed by atoms with E-state index in [0.717, 1.165) is 24.0 Å². The molecule has 0 spiro atoms. The third kappa shape index (κ3) is 2.47. The third-order valence-corrected chi connectivity index (χ3v) is 3.99. The van der Waals surface area contributed by atoms with Crippen molar-refractivity contribution in [3.8, 4) is 0 Å². The lowest BCUT2D eigenvalue weighted by Crippen LogP contribution is -2.47. The first-order valence-electron chi connectivity index (χ1n) is 5.98. The zero-order chi connectivity index (χ0) is 11.4. The molecule has 0 amide bonds. The van der Waals surface area contributed by atoms with Crippen molar-refractivity contribution in [2.24, 2.45) is 5.73 Å². The summed E-state index contributed by atoms with van der Waals surface area (Å²) in [4.78, 5) is 0. The molecule has 3 N–H and O–H groups in total. The van der Waals surface area contributed by atoms with Gasteiger partial charge < -0.3 is 11.1 Å². The van der Waals surface area contributed by atoms with Crippen molar-refractivity contribution in [3.05, 3.63) is 34.3 Å². The van der Waals surface area contributed by atoms with Gasteiger partial charge in [-0.3, -0.25) is 0 Å². The lowest BCUT2D eigenvalue weighted by molar-refractivity contribution is 0.243. The van der Waals surface area contributed by atoms with Crippen molar-refractivity contribution in [1.82, 2.24) is 5.32 Å². The van der Waals surface area contributed by atoms with Crippen LogP contribution >= 0.6 is 15.9 Å². The van der Waals surface area contributed by atoms with E-state index in [0.29, 0.717) is 0 Å². The predicted octanol–water partition coefficient (Wildman–Crippen LogP) is 2.77. The van der Waals surface area contributed by atoms with Crippen LogP contribution in [-0.4, -0.2) is 13.1 Å². The minimum Gasteiger partial charge on any atom is -0.330 e. The van der Waals surface area contributed by atoms with Gasteiger partial charge in [0.1, 0.15) is 0 Å². The molecule has 0 radical (unpaired) electrons. The van der Waals surface area contributed by atoms with Crippen molar-refractivity contribution in [1.29, 1.82) is 0 Å². The number of rotatable bonds is 3. The van der Waals surface area contributed by atoms with Crippen LogP contribution in [0.25, 0.3) is 0 Å². The van der Waals surface area contributed by atoms with Crippen molar-refractivity contribution in [2.45, 2.75) is 31.2 Å². The average Bonchev–Trinajstić information content (AvgIpc) is 2.31. The minimum atomic E-state index is 0.119. The van der Waals surface area contributed by atoms with E-state index in [9.17, 15) is 0 Å². The summed E-state index contributed by atoms with van der Waals surface area (Å²) in [5.41, 5.74) is 7.26. The number of hydrogen-bond acceptors (Lipinski definition) is 2. The molecule has 1 saturated heterocycles. The predicted molar refractivity (Wildman–Crippen MR) is 71.3 cm³/mol. The number of piperidine rings is 1. The van der Waals surface area contributed by atoms with E-state index >= 15 is 0 Å². The summed E-state index contributed by atoms with van der Waals surface area (Å²) >= 11 is 3.48. The van der Waals surface area contributed by atoms with Gasteiger partial charge in [0.2, 0.25) is 0 Å². The third-order valence-electron chi connectivity index (χ3n) is 3.46. The first-order chi connectivity index (χ1) is 7.77. The van der Waals surface area contributed by atoms with Gasteiger partial charge in [-0.25, -0.2) is 0 Å². The van der Waals surface area contributed by atoms with E-state index in [1.54, 1.807) is 0 Å². The Morgan fingerprint density at radius 2 is 2.00 bits per heavy atom. The molecule has 1 aliphatic rings. The van der Waals surface area contributed by atoms with Gasteiger partial charge in [0.05, 0.1) is 0 Å². The fourth-order valence-corrected chi connectivity index (χ4v) is 2.85. The first kappa shape index (κ1) is 12.1. The molecule has 1 fully saturated rings. The molecule has 1 aliphatic heterocycles. The van der Waals surface area contributed by atoms with E-state index in [-0.39, 0.29) is 5.54 Å². The van der Waals surface area contributed by atoms with Crippen LogP contribution in [0.3, 0.4) is 0 Å². The lowest BCUT2D eigenvalue weighted by atomic mass is 9.80. The Morgan fingerprint density at radius 1 is 1.25 bits per heavy atom. The molecule has 1 aromatic rings. The number of nitrogens with one attached hydrogen (secondary N) is 1. The Bertz CT molecular complexity index is 323. The molecule has 1 atom stereocenters. The van der Waals surface area contributed by atoms with Crippen LogP contribution in [-0.2, 0) is 5.54 Å². The van der Waals surface area contributed by atoms with Gasteiger partial charge in [-0.05, 0) is 50.0 Å². The molecule has 3 heteroatoms. The SMILES string of the molecule is NCCC1(c2ccc(Br)cc2)CCCCN1. The Hall–Kier alpha value is -0.380. The highest BCUT2D eigenvalue weighted by atomic mass is 79.9. The minimum absolute atomic E-state index is 0.119. The number of halogens is 1. The summed E-state index contributed by atoms with van der Waals surface area (Å²) in [6.45, 7) is 1.85. The summed E-state index contributed by atoms with van der Waals surface area (Å²) in [6.07, 6.45) is 4.80. The Labute approximate surface area is 106 Å². The molecule has 0 aromatic heterocycles. The van der Waals surface area contributed by atoms with E-state index in [4.69, 9.17) is 5.73 Å². The van der Waals surface area contributed by atoms with Gasteiger partial charge >= 0.3 is 0 Å². The van der Waals surface area contributed by atoms with Crippen LogP contribution in [0.2, 0.25) is 0 Å². The Kier molecular flexibility index (Phi) is 4.00. The average molecular weight is 283 g/mol. The summed E-state index contributed by atoms with van der Waals surface area (Å²) in [5.74, 6) is 0. The highest BCUT2D eigenvalue weighted by molar-refractivity contribution is 9.10. The van der Waals surface area contributed by atoms with Gasteiger partial charge in [0, 0.05) is 10.0 Å². The first-order valence-corrected chi connectivity index (χ1v) is 6.77. The molecule has 2 rings (SSSR count). The van der Waals surface area contributed by atoms with Crippen LogP contribution in [0.15, 0.2) is 28.7 Å². The van der Waals surface area contributed by atoms with Crippen LogP contribution in [0, 0.1) is 0 Å². The van der Waals surface area contributed by atoms with Gasteiger partial charge in [-0.1, -0.05) is 34.5 Å². The molecule has 0 bridgehead atoms. The molecule has 1 heterocycles.